The van der Waals surface area contributed by atoms with Crippen molar-refractivity contribution in [1.82, 2.24) is 5.32 Å². The molecule has 0 bridgehead atoms. The fourth-order valence-electron chi connectivity index (χ4n) is 2.66. The average Bonchev–Trinajstić information content (AvgIpc) is 2.65. The molecule has 1 atom stereocenters. The lowest BCUT2D eigenvalue weighted by atomic mass is 9.96. The second kappa shape index (κ2) is 7.73. The number of ether oxygens (including phenoxy) is 3. The summed E-state index contributed by atoms with van der Waals surface area (Å²) in [6.07, 6.45) is 0.710. The van der Waals surface area contributed by atoms with E-state index in [0.717, 1.165) is 22.8 Å². The Morgan fingerprint density at radius 2 is 1.92 bits per heavy atom. The molecule has 5 nitrogen and oxygen atoms in total. The van der Waals surface area contributed by atoms with Gasteiger partial charge in [0.05, 0.1) is 19.6 Å². The number of hydrogen-bond donors (Lipinski definition) is 1. The van der Waals surface area contributed by atoms with Crippen molar-refractivity contribution in [2.24, 2.45) is 5.92 Å². The van der Waals surface area contributed by atoms with Crippen molar-refractivity contribution < 1.29 is 19.0 Å². The minimum Gasteiger partial charge on any atom is -0.497 e. The summed E-state index contributed by atoms with van der Waals surface area (Å²) in [6.45, 7) is 1.30. The normalized spacial score (nSPS) is 15.8. The van der Waals surface area contributed by atoms with Crippen molar-refractivity contribution in [2.75, 3.05) is 26.9 Å². The largest absolute Gasteiger partial charge is 0.497 e. The van der Waals surface area contributed by atoms with Gasteiger partial charge in [-0.25, -0.2) is 0 Å². The molecule has 1 aliphatic heterocycles. The third-order valence-electron chi connectivity index (χ3n) is 3.98. The van der Waals surface area contributed by atoms with Crippen LogP contribution in [0.1, 0.15) is 5.56 Å². The summed E-state index contributed by atoms with van der Waals surface area (Å²) in [5.41, 5.74) is 1.08. The molecule has 0 fully saturated rings. The summed E-state index contributed by atoms with van der Waals surface area (Å²) in [5, 5.41) is 2.91. The highest BCUT2D eigenvalue weighted by molar-refractivity contribution is 5.79. The maximum absolute atomic E-state index is 12.2. The van der Waals surface area contributed by atoms with Crippen molar-refractivity contribution in [3.8, 4) is 17.2 Å². The zero-order valence-corrected chi connectivity index (χ0v) is 13.7. The number of para-hydroxylation sites is 1. The van der Waals surface area contributed by atoms with Gasteiger partial charge in [0.1, 0.15) is 30.5 Å². The number of nitrogens with one attached hydrogen (secondary N) is 1. The van der Waals surface area contributed by atoms with E-state index in [1.807, 2.05) is 48.5 Å². The summed E-state index contributed by atoms with van der Waals surface area (Å²) in [4.78, 5) is 12.2. The Bertz CT molecular complexity index is 684. The van der Waals surface area contributed by atoms with Crippen LogP contribution in [0.25, 0.3) is 0 Å². The third-order valence-corrected chi connectivity index (χ3v) is 3.98. The van der Waals surface area contributed by atoms with Gasteiger partial charge in [-0.2, -0.15) is 0 Å². The van der Waals surface area contributed by atoms with Crippen LogP contribution in [0.2, 0.25) is 0 Å². The molecule has 1 amide bonds. The topological polar surface area (TPSA) is 56.8 Å². The third kappa shape index (κ3) is 3.98. The molecule has 2 aromatic rings. The molecular formula is C19H21NO4. The van der Waals surface area contributed by atoms with Crippen molar-refractivity contribution in [1.29, 1.82) is 0 Å². The van der Waals surface area contributed by atoms with Crippen molar-refractivity contribution in [3.05, 3.63) is 54.1 Å². The van der Waals surface area contributed by atoms with Crippen LogP contribution in [0.5, 0.6) is 17.2 Å². The molecule has 0 saturated heterocycles. The van der Waals surface area contributed by atoms with E-state index in [-0.39, 0.29) is 11.8 Å². The van der Waals surface area contributed by atoms with Gasteiger partial charge in [-0.15, -0.1) is 0 Å². The molecule has 0 spiro atoms. The average molecular weight is 327 g/mol. The summed E-state index contributed by atoms with van der Waals surface area (Å²) >= 11 is 0. The first-order valence-electron chi connectivity index (χ1n) is 8.01. The summed E-state index contributed by atoms with van der Waals surface area (Å²) in [7, 11) is 1.62. The van der Waals surface area contributed by atoms with Crippen LogP contribution >= 0.6 is 0 Å². The Balaban J connectivity index is 1.41. The van der Waals surface area contributed by atoms with E-state index >= 15 is 0 Å². The Kier molecular flexibility index (Phi) is 5.21. The molecule has 1 aliphatic rings. The van der Waals surface area contributed by atoms with E-state index in [4.69, 9.17) is 14.2 Å². The van der Waals surface area contributed by atoms with Gasteiger partial charge in [-0.1, -0.05) is 18.2 Å². The molecule has 24 heavy (non-hydrogen) atoms. The maximum atomic E-state index is 12.2. The van der Waals surface area contributed by atoms with Crippen LogP contribution in [0.3, 0.4) is 0 Å². The molecule has 0 saturated carbocycles. The maximum Gasteiger partial charge on any atom is 0.227 e. The number of carbonyl (C=O) groups is 1. The van der Waals surface area contributed by atoms with Crippen molar-refractivity contribution >= 4 is 5.91 Å². The van der Waals surface area contributed by atoms with Gasteiger partial charge in [-0.3, -0.25) is 4.79 Å². The quantitative estimate of drug-likeness (QED) is 0.828. The minimum absolute atomic E-state index is 0.00262. The first kappa shape index (κ1) is 16.2. The van der Waals surface area contributed by atoms with E-state index in [1.165, 1.54) is 0 Å². The van der Waals surface area contributed by atoms with Crippen LogP contribution in [0.15, 0.2) is 48.5 Å². The van der Waals surface area contributed by atoms with Gasteiger partial charge in [0, 0.05) is 0 Å². The second-order valence-corrected chi connectivity index (χ2v) is 5.63. The molecule has 1 N–H and O–H groups in total. The Morgan fingerprint density at radius 3 is 2.71 bits per heavy atom. The number of methoxy groups -OCH3 is 1. The predicted octanol–water partition coefficient (Wildman–Crippen LogP) is 2.44. The van der Waals surface area contributed by atoms with Gasteiger partial charge >= 0.3 is 0 Å². The lowest BCUT2D eigenvalue weighted by Crippen LogP contribution is -2.39. The van der Waals surface area contributed by atoms with E-state index in [0.29, 0.717) is 26.2 Å². The highest BCUT2D eigenvalue weighted by Crippen LogP contribution is 2.26. The molecular weight excluding hydrogens is 306 g/mol. The molecule has 0 aromatic heterocycles. The second-order valence-electron chi connectivity index (χ2n) is 5.63. The first-order chi connectivity index (χ1) is 11.8. The molecule has 5 heteroatoms. The van der Waals surface area contributed by atoms with Crippen molar-refractivity contribution in [2.45, 2.75) is 6.42 Å². The molecule has 1 unspecified atom stereocenters. The zero-order chi connectivity index (χ0) is 16.8. The number of carbonyl (C=O) groups excluding carboxylic acids is 1. The highest BCUT2D eigenvalue weighted by Gasteiger charge is 2.25. The highest BCUT2D eigenvalue weighted by atomic mass is 16.5. The van der Waals surface area contributed by atoms with E-state index in [2.05, 4.69) is 5.32 Å². The van der Waals surface area contributed by atoms with Gasteiger partial charge in [0.25, 0.3) is 0 Å². The van der Waals surface area contributed by atoms with Crippen LogP contribution < -0.4 is 19.5 Å². The predicted molar refractivity (Wildman–Crippen MR) is 90.6 cm³/mol. The molecule has 126 valence electrons. The minimum atomic E-state index is -0.152. The fourth-order valence-corrected chi connectivity index (χ4v) is 2.66. The standard InChI is InChI=1S/C19H21NO4/c1-22-16-6-8-17(9-7-16)23-11-10-20-19(21)15-12-14-4-2-3-5-18(14)24-13-15/h2-9,15H,10-13H2,1H3,(H,20,21). The van der Waals surface area contributed by atoms with Crippen LogP contribution in [0.4, 0.5) is 0 Å². The van der Waals surface area contributed by atoms with Crippen LogP contribution in [-0.2, 0) is 11.2 Å². The molecule has 1 heterocycles. The molecule has 0 aliphatic carbocycles. The Hall–Kier alpha value is -2.69. The number of benzene rings is 2. The van der Waals surface area contributed by atoms with Gasteiger partial charge in [-0.05, 0) is 42.3 Å². The number of fused-ring (bicyclic) bond motifs is 1. The number of hydrogen-bond acceptors (Lipinski definition) is 4. The Labute approximate surface area is 141 Å². The summed E-state index contributed by atoms with van der Waals surface area (Å²) in [6, 6.07) is 15.2. The lowest BCUT2D eigenvalue weighted by molar-refractivity contribution is -0.126. The van der Waals surface area contributed by atoms with E-state index < -0.39 is 0 Å². The molecule has 3 rings (SSSR count). The van der Waals surface area contributed by atoms with Gasteiger partial charge < -0.3 is 19.5 Å². The van der Waals surface area contributed by atoms with Crippen LogP contribution in [-0.4, -0.2) is 32.8 Å². The Morgan fingerprint density at radius 1 is 1.17 bits per heavy atom. The van der Waals surface area contributed by atoms with Gasteiger partial charge in [0.15, 0.2) is 0 Å². The smallest absolute Gasteiger partial charge is 0.227 e. The zero-order valence-electron chi connectivity index (χ0n) is 13.7. The van der Waals surface area contributed by atoms with Crippen molar-refractivity contribution in [3.63, 3.8) is 0 Å². The fraction of sp³-hybridized carbons (Fsp3) is 0.316. The lowest BCUT2D eigenvalue weighted by Gasteiger charge is -2.24. The summed E-state index contributed by atoms with van der Waals surface area (Å²) in [5.74, 6) is 2.27. The number of rotatable bonds is 6. The molecule has 2 aromatic carbocycles. The van der Waals surface area contributed by atoms with Crippen LogP contribution in [0, 0.1) is 5.92 Å². The SMILES string of the molecule is COc1ccc(OCCNC(=O)C2COc3ccccc3C2)cc1. The van der Waals surface area contributed by atoms with E-state index in [1.54, 1.807) is 7.11 Å². The number of amides is 1. The summed E-state index contributed by atoms with van der Waals surface area (Å²) < 4.78 is 16.3. The molecule has 0 radical (unpaired) electrons. The monoisotopic (exact) mass is 327 g/mol. The first-order valence-corrected chi connectivity index (χ1v) is 8.01. The van der Waals surface area contributed by atoms with E-state index in [9.17, 15) is 4.79 Å². The van der Waals surface area contributed by atoms with Gasteiger partial charge in [0.2, 0.25) is 5.91 Å².